The van der Waals surface area contributed by atoms with Gasteiger partial charge in [-0.15, -0.1) is 0 Å². The lowest BCUT2D eigenvalue weighted by atomic mass is 10.2. The predicted molar refractivity (Wildman–Crippen MR) is 69.5 cm³/mol. The normalized spacial score (nSPS) is 10.5. The number of allylic oxidation sites excluding steroid dienone is 4. The summed E-state index contributed by atoms with van der Waals surface area (Å²) in [6.45, 7) is 16.3. The molecule has 0 radical (unpaired) electrons. The molecule has 84 valence electrons. The molecule has 1 heteroatoms. The maximum atomic E-state index is 5.40. The van der Waals surface area contributed by atoms with Crippen LogP contribution in [0.15, 0.2) is 36.0 Å². The minimum absolute atomic E-state index is 0.627. The zero-order valence-electron chi connectivity index (χ0n) is 10.7. The highest BCUT2D eigenvalue weighted by molar-refractivity contribution is 5.24. The zero-order valence-corrected chi connectivity index (χ0v) is 10.7. The lowest BCUT2D eigenvalue weighted by Crippen LogP contribution is -1.99. The number of hydrogen-bond acceptors (Lipinski definition) is 1. The summed E-state index contributed by atoms with van der Waals surface area (Å²) >= 11 is 0. The molecule has 0 saturated heterocycles. The molecule has 0 bridgehead atoms. The van der Waals surface area contributed by atoms with Crippen molar-refractivity contribution in [3.63, 3.8) is 0 Å². The van der Waals surface area contributed by atoms with Crippen molar-refractivity contribution < 1.29 is 0 Å². The monoisotopic (exact) mass is 197 g/mol. The summed E-state index contributed by atoms with van der Waals surface area (Å²) in [5.74, 6) is 0. The van der Waals surface area contributed by atoms with Gasteiger partial charge < -0.3 is 5.73 Å². The second-order valence-electron chi connectivity index (χ2n) is 2.34. The van der Waals surface area contributed by atoms with E-state index >= 15 is 0 Å². The van der Waals surface area contributed by atoms with E-state index < -0.39 is 0 Å². The second-order valence-corrected chi connectivity index (χ2v) is 2.34. The van der Waals surface area contributed by atoms with E-state index in [1.165, 1.54) is 11.1 Å². The first-order valence-corrected chi connectivity index (χ1v) is 5.37. The highest BCUT2D eigenvalue weighted by Gasteiger charge is 1.83. The maximum Gasteiger partial charge on any atom is 0.0137 e. The second kappa shape index (κ2) is 18.1. The van der Waals surface area contributed by atoms with Gasteiger partial charge in [-0.2, -0.15) is 0 Å². The summed E-state index contributed by atoms with van der Waals surface area (Å²) in [5.41, 5.74) is 7.78. The van der Waals surface area contributed by atoms with E-state index in [9.17, 15) is 0 Å². The Balaban J connectivity index is -0.000000266. The van der Waals surface area contributed by atoms with Crippen LogP contribution in [0.2, 0.25) is 0 Å². The SMILES string of the molecule is C=C/C=C(C)\C=C(/C)CN.CC.CC. The third-order valence-electron chi connectivity index (χ3n) is 1.18. The molecule has 0 heterocycles. The van der Waals surface area contributed by atoms with Gasteiger partial charge >= 0.3 is 0 Å². The molecule has 0 unspecified atom stereocenters. The van der Waals surface area contributed by atoms with Crippen molar-refractivity contribution in [3.05, 3.63) is 36.0 Å². The lowest BCUT2D eigenvalue weighted by molar-refractivity contribution is 1.13. The molecule has 1 nitrogen and oxygen atoms in total. The van der Waals surface area contributed by atoms with Gasteiger partial charge in [-0.25, -0.2) is 0 Å². The Morgan fingerprint density at radius 3 is 1.86 bits per heavy atom. The Kier molecular flexibility index (Phi) is 24.3. The Morgan fingerprint density at radius 1 is 1.14 bits per heavy atom. The van der Waals surface area contributed by atoms with Crippen molar-refractivity contribution in [2.24, 2.45) is 5.73 Å². The Hall–Kier alpha value is -0.820. The van der Waals surface area contributed by atoms with Crippen LogP contribution in [0.5, 0.6) is 0 Å². The topological polar surface area (TPSA) is 26.0 Å². The van der Waals surface area contributed by atoms with Crippen molar-refractivity contribution in [1.29, 1.82) is 0 Å². The molecule has 0 amide bonds. The molecule has 0 aromatic heterocycles. The third-order valence-corrected chi connectivity index (χ3v) is 1.18. The van der Waals surface area contributed by atoms with Gasteiger partial charge in [-0.3, -0.25) is 0 Å². The largest absolute Gasteiger partial charge is 0.327 e. The average molecular weight is 197 g/mol. The van der Waals surface area contributed by atoms with E-state index in [0.29, 0.717) is 6.54 Å². The van der Waals surface area contributed by atoms with Crippen molar-refractivity contribution in [2.45, 2.75) is 41.5 Å². The van der Waals surface area contributed by atoms with Crippen LogP contribution >= 0.6 is 0 Å². The van der Waals surface area contributed by atoms with Gasteiger partial charge in [0.1, 0.15) is 0 Å². The summed E-state index contributed by atoms with van der Waals surface area (Å²) < 4.78 is 0. The van der Waals surface area contributed by atoms with Gasteiger partial charge in [-0.1, -0.05) is 63.6 Å². The molecule has 0 saturated carbocycles. The fourth-order valence-electron chi connectivity index (χ4n) is 0.682. The Bertz CT molecular complexity index is 164. The minimum atomic E-state index is 0.627. The van der Waals surface area contributed by atoms with Crippen LogP contribution in [-0.2, 0) is 0 Å². The molecular formula is C13H27N. The Labute approximate surface area is 90.4 Å². The molecule has 0 atom stereocenters. The molecule has 0 aliphatic rings. The minimum Gasteiger partial charge on any atom is -0.327 e. The summed E-state index contributed by atoms with van der Waals surface area (Å²) in [5, 5.41) is 0. The number of hydrogen-bond donors (Lipinski definition) is 1. The first-order chi connectivity index (χ1) is 6.70. The van der Waals surface area contributed by atoms with E-state index in [4.69, 9.17) is 5.73 Å². The van der Waals surface area contributed by atoms with Crippen molar-refractivity contribution in [3.8, 4) is 0 Å². The van der Waals surface area contributed by atoms with Crippen LogP contribution in [0.1, 0.15) is 41.5 Å². The van der Waals surface area contributed by atoms with Gasteiger partial charge in [0.05, 0.1) is 0 Å². The van der Waals surface area contributed by atoms with Gasteiger partial charge in [0.2, 0.25) is 0 Å². The molecular weight excluding hydrogens is 170 g/mol. The molecule has 0 aromatic carbocycles. The van der Waals surface area contributed by atoms with Gasteiger partial charge in [0.15, 0.2) is 0 Å². The van der Waals surface area contributed by atoms with Crippen LogP contribution in [-0.4, -0.2) is 6.54 Å². The van der Waals surface area contributed by atoms with Gasteiger partial charge in [-0.05, 0) is 13.8 Å². The van der Waals surface area contributed by atoms with E-state index in [0.717, 1.165) is 0 Å². The average Bonchev–Trinajstić information content (AvgIpc) is 2.24. The van der Waals surface area contributed by atoms with Crippen LogP contribution < -0.4 is 5.73 Å². The maximum absolute atomic E-state index is 5.40. The first kappa shape index (κ1) is 18.9. The molecule has 0 spiro atoms. The van der Waals surface area contributed by atoms with E-state index in [-0.39, 0.29) is 0 Å². The van der Waals surface area contributed by atoms with Crippen molar-refractivity contribution in [1.82, 2.24) is 0 Å². The standard InChI is InChI=1S/C9H15N.2C2H6/c1-4-5-8(2)6-9(3)7-10;2*1-2/h4-6H,1,7,10H2,2-3H3;2*1-2H3/b8-5-,9-6+;;. The van der Waals surface area contributed by atoms with E-state index in [2.05, 4.69) is 12.7 Å². The van der Waals surface area contributed by atoms with Crippen LogP contribution in [0.3, 0.4) is 0 Å². The third kappa shape index (κ3) is 17.3. The molecule has 0 fully saturated rings. The lowest BCUT2D eigenvalue weighted by Gasteiger charge is -1.94. The molecule has 0 rings (SSSR count). The Morgan fingerprint density at radius 2 is 1.57 bits per heavy atom. The summed E-state index contributed by atoms with van der Waals surface area (Å²) in [4.78, 5) is 0. The van der Waals surface area contributed by atoms with Crippen LogP contribution in [0, 0.1) is 0 Å². The highest BCUT2D eigenvalue weighted by Crippen LogP contribution is 1.99. The molecule has 0 aromatic rings. The van der Waals surface area contributed by atoms with E-state index in [1.54, 1.807) is 6.08 Å². The van der Waals surface area contributed by atoms with Crippen molar-refractivity contribution in [2.75, 3.05) is 6.54 Å². The summed E-state index contributed by atoms with van der Waals surface area (Å²) in [7, 11) is 0. The highest BCUT2D eigenvalue weighted by atomic mass is 14.5. The smallest absolute Gasteiger partial charge is 0.0137 e. The first-order valence-electron chi connectivity index (χ1n) is 5.37. The van der Waals surface area contributed by atoms with Crippen LogP contribution in [0.4, 0.5) is 0 Å². The molecule has 0 aliphatic heterocycles. The van der Waals surface area contributed by atoms with Gasteiger partial charge in [0, 0.05) is 6.54 Å². The van der Waals surface area contributed by atoms with Gasteiger partial charge in [0.25, 0.3) is 0 Å². The summed E-state index contributed by atoms with van der Waals surface area (Å²) in [6.07, 6.45) is 5.79. The number of nitrogens with two attached hydrogens (primary N) is 1. The van der Waals surface area contributed by atoms with Crippen molar-refractivity contribution >= 4 is 0 Å². The number of rotatable bonds is 3. The predicted octanol–water partition coefficient (Wildman–Crippen LogP) is 4.08. The zero-order chi connectivity index (χ0) is 12.0. The molecule has 0 aliphatic carbocycles. The fraction of sp³-hybridized carbons (Fsp3) is 0.538. The molecule has 2 N–H and O–H groups in total. The quantitative estimate of drug-likeness (QED) is 0.678. The molecule has 14 heavy (non-hydrogen) atoms. The van der Waals surface area contributed by atoms with E-state index in [1.807, 2.05) is 47.6 Å². The summed E-state index contributed by atoms with van der Waals surface area (Å²) in [6, 6.07) is 0. The van der Waals surface area contributed by atoms with Crippen LogP contribution in [0.25, 0.3) is 0 Å². The fourth-order valence-corrected chi connectivity index (χ4v) is 0.682.